The summed E-state index contributed by atoms with van der Waals surface area (Å²) in [4.78, 5) is 15.9. The second-order valence-corrected chi connectivity index (χ2v) is 5.57. The van der Waals surface area contributed by atoms with Gasteiger partial charge in [-0.15, -0.1) is 0 Å². The van der Waals surface area contributed by atoms with Crippen molar-refractivity contribution in [2.24, 2.45) is 0 Å². The fourth-order valence-electron chi connectivity index (χ4n) is 2.44. The molecular weight excluding hydrogens is 292 g/mol. The average molecular weight is 311 g/mol. The Morgan fingerprint density at radius 2 is 2.00 bits per heavy atom. The van der Waals surface area contributed by atoms with Gasteiger partial charge >= 0.3 is 0 Å². The molecule has 1 aromatic carbocycles. The van der Waals surface area contributed by atoms with E-state index in [1.165, 1.54) is 13.0 Å². The van der Waals surface area contributed by atoms with E-state index in [9.17, 15) is 4.79 Å². The van der Waals surface area contributed by atoms with Crippen LogP contribution in [0.4, 0.5) is 5.69 Å². The number of anilines is 1. The Kier molecular flexibility index (Phi) is 4.78. The number of piperazine rings is 1. The first-order chi connectivity index (χ1) is 8.74. The molecule has 0 aliphatic carbocycles. The van der Waals surface area contributed by atoms with E-state index in [0.717, 1.165) is 48.2 Å². The predicted molar refractivity (Wildman–Crippen MR) is 78.5 cm³/mol. The quantitative estimate of drug-likeness (QED) is 0.799. The zero-order valence-corrected chi connectivity index (χ0v) is 12.3. The second kappa shape index (κ2) is 6.34. The average Bonchev–Trinajstić information content (AvgIpc) is 2.40. The molecule has 1 fully saturated rings. The van der Waals surface area contributed by atoms with E-state index in [0.29, 0.717) is 0 Å². The summed E-state index contributed by atoms with van der Waals surface area (Å²) in [5.41, 5.74) is 1.83. The highest BCUT2D eigenvalue weighted by Crippen LogP contribution is 2.24. The molecule has 98 valence electrons. The maximum Gasteiger partial charge on any atom is 0.152 e. The van der Waals surface area contributed by atoms with Crippen molar-refractivity contribution >= 4 is 27.9 Å². The van der Waals surface area contributed by atoms with Crippen LogP contribution in [0.15, 0.2) is 22.7 Å². The summed E-state index contributed by atoms with van der Waals surface area (Å²) < 4.78 is 0.956. The third-order valence-electron chi connectivity index (χ3n) is 3.37. The molecule has 1 saturated heterocycles. The lowest BCUT2D eigenvalue weighted by Crippen LogP contribution is -2.46. The van der Waals surface area contributed by atoms with Gasteiger partial charge in [0.1, 0.15) is 0 Å². The fourth-order valence-corrected chi connectivity index (χ4v) is 2.82. The summed E-state index contributed by atoms with van der Waals surface area (Å²) in [6.45, 7) is 7.57. The molecule has 0 saturated carbocycles. The van der Waals surface area contributed by atoms with Crippen molar-refractivity contribution in [3.05, 3.63) is 28.2 Å². The lowest BCUT2D eigenvalue weighted by molar-refractivity contribution is 0.112. The van der Waals surface area contributed by atoms with Gasteiger partial charge in [0.15, 0.2) is 6.29 Å². The first kappa shape index (κ1) is 13.6. The molecule has 1 heterocycles. The molecular formula is C14H19BrN2O. The van der Waals surface area contributed by atoms with Crippen LogP contribution >= 0.6 is 15.9 Å². The number of rotatable bonds is 4. The van der Waals surface area contributed by atoms with Crippen LogP contribution in [0.2, 0.25) is 0 Å². The van der Waals surface area contributed by atoms with Crippen LogP contribution in [0.25, 0.3) is 0 Å². The van der Waals surface area contributed by atoms with Crippen LogP contribution in [0.3, 0.4) is 0 Å². The molecule has 2 rings (SSSR count). The number of carbonyl (C=O) groups is 1. The lowest BCUT2D eigenvalue weighted by atomic mass is 10.1. The van der Waals surface area contributed by atoms with Crippen molar-refractivity contribution in [2.45, 2.75) is 13.3 Å². The molecule has 1 aromatic rings. The van der Waals surface area contributed by atoms with E-state index in [1.807, 2.05) is 18.2 Å². The van der Waals surface area contributed by atoms with Crippen molar-refractivity contribution in [2.75, 3.05) is 37.6 Å². The summed E-state index contributed by atoms with van der Waals surface area (Å²) in [6, 6.07) is 5.92. The molecule has 0 N–H and O–H groups in total. The van der Waals surface area contributed by atoms with Crippen molar-refractivity contribution in [3.8, 4) is 0 Å². The number of hydrogen-bond acceptors (Lipinski definition) is 3. The minimum Gasteiger partial charge on any atom is -0.368 e. The van der Waals surface area contributed by atoms with E-state index in [4.69, 9.17) is 0 Å². The summed E-state index contributed by atoms with van der Waals surface area (Å²) in [6.07, 6.45) is 2.15. The number of hydrogen-bond donors (Lipinski definition) is 0. The van der Waals surface area contributed by atoms with Crippen LogP contribution in [0.1, 0.15) is 23.7 Å². The predicted octanol–water partition coefficient (Wildman–Crippen LogP) is 2.79. The molecule has 0 amide bonds. The first-order valence-electron chi connectivity index (χ1n) is 6.46. The van der Waals surface area contributed by atoms with Crippen molar-refractivity contribution < 1.29 is 4.79 Å². The summed E-state index contributed by atoms with van der Waals surface area (Å²) in [7, 11) is 0. The first-order valence-corrected chi connectivity index (χ1v) is 7.26. The number of benzene rings is 1. The molecule has 1 aliphatic rings. The van der Waals surface area contributed by atoms with Crippen LogP contribution in [-0.4, -0.2) is 43.9 Å². The normalized spacial score (nSPS) is 16.9. The largest absolute Gasteiger partial charge is 0.368 e. The molecule has 0 aromatic heterocycles. The maximum absolute atomic E-state index is 11.1. The molecule has 0 unspecified atom stereocenters. The number of carbonyl (C=O) groups excluding carboxylic acids is 1. The third-order valence-corrected chi connectivity index (χ3v) is 3.86. The monoisotopic (exact) mass is 310 g/mol. The van der Waals surface area contributed by atoms with Gasteiger partial charge in [-0.1, -0.05) is 22.9 Å². The van der Waals surface area contributed by atoms with Gasteiger partial charge in [0, 0.05) is 41.9 Å². The van der Waals surface area contributed by atoms with Crippen LogP contribution < -0.4 is 4.90 Å². The van der Waals surface area contributed by atoms with Crippen molar-refractivity contribution in [1.29, 1.82) is 0 Å². The zero-order chi connectivity index (χ0) is 13.0. The Morgan fingerprint density at radius 1 is 1.28 bits per heavy atom. The summed E-state index contributed by atoms with van der Waals surface area (Å²) in [5.74, 6) is 0. The highest BCUT2D eigenvalue weighted by atomic mass is 79.9. The molecule has 1 aliphatic heterocycles. The number of aldehydes is 1. The molecule has 0 radical (unpaired) electrons. The van der Waals surface area contributed by atoms with Gasteiger partial charge in [-0.25, -0.2) is 0 Å². The summed E-state index contributed by atoms with van der Waals surface area (Å²) >= 11 is 3.41. The van der Waals surface area contributed by atoms with E-state index < -0.39 is 0 Å². The standard InChI is InChI=1S/C14H19BrN2O/c1-2-5-16-6-8-17(9-7-16)14-4-3-13(15)10-12(14)11-18/h3-4,10-11H,2,5-9H2,1H3. The topological polar surface area (TPSA) is 23.6 Å². The fraction of sp³-hybridized carbons (Fsp3) is 0.500. The molecule has 18 heavy (non-hydrogen) atoms. The minimum atomic E-state index is 0.772. The third kappa shape index (κ3) is 3.12. The number of halogens is 1. The van der Waals surface area contributed by atoms with E-state index >= 15 is 0 Å². The van der Waals surface area contributed by atoms with Crippen molar-refractivity contribution in [3.63, 3.8) is 0 Å². The second-order valence-electron chi connectivity index (χ2n) is 4.65. The number of nitrogens with zero attached hydrogens (tertiary/aromatic N) is 2. The van der Waals surface area contributed by atoms with Crippen molar-refractivity contribution in [1.82, 2.24) is 4.90 Å². The van der Waals surface area contributed by atoms with Gasteiger partial charge in [-0.05, 0) is 31.2 Å². The maximum atomic E-state index is 11.1. The smallest absolute Gasteiger partial charge is 0.152 e. The van der Waals surface area contributed by atoms with E-state index in [1.54, 1.807) is 0 Å². The van der Waals surface area contributed by atoms with E-state index in [-0.39, 0.29) is 0 Å². The van der Waals surface area contributed by atoms with Gasteiger partial charge in [0.2, 0.25) is 0 Å². The SMILES string of the molecule is CCCN1CCN(c2ccc(Br)cc2C=O)CC1. The van der Waals surface area contributed by atoms with Gasteiger partial charge in [-0.3, -0.25) is 9.69 Å². The Morgan fingerprint density at radius 3 is 2.61 bits per heavy atom. The Balaban J connectivity index is 2.07. The zero-order valence-electron chi connectivity index (χ0n) is 10.7. The molecule has 3 nitrogen and oxygen atoms in total. The Hall–Kier alpha value is -0.870. The Labute approximate surface area is 117 Å². The van der Waals surface area contributed by atoms with Gasteiger partial charge in [0.25, 0.3) is 0 Å². The molecule has 0 spiro atoms. The highest BCUT2D eigenvalue weighted by molar-refractivity contribution is 9.10. The van der Waals surface area contributed by atoms with Gasteiger partial charge < -0.3 is 4.90 Å². The molecule has 0 bridgehead atoms. The highest BCUT2D eigenvalue weighted by Gasteiger charge is 2.18. The van der Waals surface area contributed by atoms with Crippen LogP contribution in [-0.2, 0) is 0 Å². The molecule has 0 atom stereocenters. The van der Waals surface area contributed by atoms with E-state index in [2.05, 4.69) is 32.7 Å². The minimum absolute atomic E-state index is 0.772. The van der Waals surface area contributed by atoms with Crippen LogP contribution in [0, 0.1) is 0 Å². The van der Waals surface area contributed by atoms with Gasteiger partial charge in [0.05, 0.1) is 0 Å². The Bertz CT molecular complexity index is 414. The lowest BCUT2D eigenvalue weighted by Gasteiger charge is -2.36. The van der Waals surface area contributed by atoms with Crippen LogP contribution in [0.5, 0.6) is 0 Å². The summed E-state index contributed by atoms with van der Waals surface area (Å²) in [5, 5.41) is 0. The molecule has 4 heteroatoms. The van der Waals surface area contributed by atoms with Gasteiger partial charge in [-0.2, -0.15) is 0 Å².